The van der Waals surface area contributed by atoms with Crippen molar-refractivity contribution in [1.29, 1.82) is 0 Å². The first-order valence-corrected chi connectivity index (χ1v) is 9.20. The van der Waals surface area contributed by atoms with Gasteiger partial charge in [0.25, 0.3) is 0 Å². The van der Waals surface area contributed by atoms with Gasteiger partial charge in [-0.2, -0.15) is 0 Å². The zero-order chi connectivity index (χ0) is 17.9. The van der Waals surface area contributed by atoms with Crippen LogP contribution in [0.2, 0.25) is 0 Å². The van der Waals surface area contributed by atoms with Gasteiger partial charge in [0.1, 0.15) is 0 Å². The fourth-order valence-electron chi connectivity index (χ4n) is 3.67. The molecule has 0 aromatic rings. The molecule has 5 nitrogen and oxygen atoms in total. The molecule has 24 heavy (non-hydrogen) atoms. The van der Waals surface area contributed by atoms with Crippen LogP contribution in [0.25, 0.3) is 0 Å². The van der Waals surface area contributed by atoms with Gasteiger partial charge >= 0.3 is 0 Å². The number of nitrogens with zero attached hydrogens (tertiary/aromatic N) is 2. The molecule has 1 aliphatic carbocycles. The lowest BCUT2D eigenvalue weighted by atomic mass is 10.1. The molecule has 5 heteroatoms. The summed E-state index contributed by atoms with van der Waals surface area (Å²) in [7, 11) is 0. The molecule has 136 valence electrons. The van der Waals surface area contributed by atoms with E-state index in [1.54, 1.807) is 0 Å². The number of rotatable bonds is 6. The molecule has 2 atom stereocenters. The molecule has 2 rings (SSSR count). The Kier molecular flexibility index (Phi) is 6.07. The molecule has 1 N–H and O–H groups in total. The second-order valence-electron chi connectivity index (χ2n) is 8.02. The van der Waals surface area contributed by atoms with E-state index in [0.29, 0.717) is 12.5 Å². The number of hydrogen-bond donors (Lipinski definition) is 1. The zero-order valence-corrected chi connectivity index (χ0v) is 15.9. The highest BCUT2D eigenvalue weighted by Gasteiger charge is 2.61. The lowest BCUT2D eigenvalue weighted by Gasteiger charge is -2.34. The van der Waals surface area contributed by atoms with E-state index in [4.69, 9.17) is 0 Å². The van der Waals surface area contributed by atoms with Crippen molar-refractivity contribution in [2.24, 2.45) is 17.3 Å². The largest absolute Gasteiger partial charge is 0.355 e. The van der Waals surface area contributed by atoms with Crippen molar-refractivity contribution < 1.29 is 9.59 Å². The second kappa shape index (κ2) is 7.68. The van der Waals surface area contributed by atoms with Crippen molar-refractivity contribution in [3.05, 3.63) is 11.6 Å². The van der Waals surface area contributed by atoms with Gasteiger partial charge in [0, 0.05) is 32.7 Å². The number of carbonyl (C=O) groups excluding carboxylic acids is 2. The van der Waals surface area contributed by atoms with E-state index in [9.17, 15) is 9.59 Å². The van der Waals surface area contributed by atoms with E-state index in [1.807, 2.05) is 11.8 Å². The number of hydrogen-bond acceptors (Lipinski definition) is 3. The second-order valence-corrected chi connectivity index (χ2v) is 8.02. The molecule has 1 aliphatic heterocycles. The fourth-order valence-corrected chi connectivity index (χ4v) is 3.67. The summed E-state index contributed by atoms with van der Waals surface area (Å²) in [6.45, 7) is 14.8. The van der Waals surface area contributed by atoms with Crippen molar-refractivity contribution in [3.8, 4) is 0 Å². The zero-order valence-electron chi connectivity index (χ0n) is 15.9. The van der Waals surface area contributed by atoms with Gasteiger partial charge in [0.05, 0.1) is 12.5 Å². The van der Waals surface area contributed by atoms with Gasteiger partial charge in [-0.3, -0.25) is 14.5 Å². The average Bonchev–Trinajstić information content (AvgIpc) is 3.05. The van der Waals surface area contributed by atoms with Crippen LogP contribution in [0.5, 0.6) is 0 Å². The summed E-state index contributed by atoms with van der Waals surface area (Å²) in [6.07, 6.45) is 3.20. The fraction of sp³-hybridized carbons (Fsp3) is 0.789. The van der Waals surface area contributed by atoms with Gasteiger partial charge in [-0.1, -0.05) is 32.4 Å². The van der Waals surface area contributed by atoms with Crippen LogP contribution in [0.4, 0.5) is 0 Å². The molecule has 2 amide bonds. The first-order valence-electron chi connectivity index (χ1n) is 9.20. The number of allylic oxidation sites excluding steroid dienone is 2. The highest BCUT2D eigenvalue weighted by Crippen LogP contribution is 2.60. The third-order valence-electron chi connectivity index (χ3n) is 5.31. The standard InChI is InChI=1S/C19H33N3O2/c1-6-7-20-16(23)13-21-8-10-22(11-9-21)18(24)17-15(12-14(2)3)19(17,4)5/h12,15,17H,6-11,13H2,1-5H3,(H,20,23). The van der Waals surface area contributed by atoms with Gasteiger partial charge in [-0.15, -0.1) is 0 Å². The number of amides is 2. The molecule has 0 spiro atoms. The van der Waals surface area contributed by atoms with Crippen LogP contribution >= 0.6 is 0 Å². The predicted molar refractivity (Wildman–Crippen MR) is 96.5 cm³/mol. The van der Waals surface area contributed by atoms with E-state index >= 15 is 0 Å². The Labute approximate surface area is 146 Å². The van der Waals surface area contributed by atoms with Gasteiger partial charge in [0.15, 0.2) is 0 Å². The van der Waals surface area contributed by atoms with Crippen molar-refractivity contribution in [2.45, 2.75) is 41.0 Å². The van der Waals surface area contributed by atoms with Crippen LogP contribution in [0.3, 0.4) is 0 Å². The molecule has 0 bridgehead atoms. The molecule has 1 heterocycles. The van der Waals surface area contributed by atoms with Gasteiger partial charge < -0.3 is 10.2 Å². The summed E-state index contributed by atoms with van der Waals surface area (Å²) >= 11 is 0. The third kappa shape index (κ3) is 4.38. The molecule has 0 radical (unpaired) electrons. The normalized spacial score (nSPS) is 26.0. The smallest absolute Gasteiger partial charge is 0.234 e. The van der Waals surface area contributed by atoms with Crippen molar-refractivity contribution in [2.75, 3.05) is 39.3 Å². The van der Waals surface area contributed by atoms with Crippen LogP contribution in [0.15, 0.2) is 11.6 Å². The van der Waals surface area contributed by atoms with Crippen LogP contribution in [-0.4, -0.2) is 60.9 Å². The summed E-state index contributed by atoms with van der Waals surface area (Å²) in [5, 5.41) is 2.91. The third-order valence-corrected chi connectivity index (χ3v) is 5.31. The van der Waals surface area contributed by atoms with E-state index < -0.39 is 0 Å². The Bertz CT molecular complexity index is 501. The van der Waals surface area contributed by atoms with Crippen molar-refractivity contribution in [1.82, 2.24) is 15.1 Å². The maximum absolute atomic E-state index is 12.8. The molecule has 2 aliphatic rings. The molecule has 0 aromatic heterocycles. The Morgan fingerprint density at radius 3 is 2.33 bits per heavy atom. The van der Waals surface area contributed by atoms with Gasteiger partial charge in [-0.05, 0) is 31.6 Å². The highest BCUT2D eigenvalue weighted by molar-refractivity contribution is 5.84. The van der Waals surface area contributed by atoms with E-state index in [0.717, 1.165) is 39.1 Å². The lowest BCUT2D eigenvalue weighted by Crippen LogP contribution is -2.51. The van der Waals surface area contributed by atoms with E-state index in [-0.39, 0.29) is 23.1 Å². The Morgan fingerprint density at radius 1 is 1.17 bits per heavy atom. The van der Waals surface area contributed by atoms with Gasteiger partial charge in [0.2, 0.25) is 11.8 Å². The minimum atomic E-state index is 0.0749. The van der Waals surface area contributed by atoms with E-state index in [1.165, 1.54) is 5.57 Å². The Morgan fingerprint density at radius 2 is 1.79 bits per heavy atom. The average molecular weight is 335 g/mol. The molecule has 0 aromatic carbocycles. The van der Waals surface area contributed by atoms with Crippen molar-refractivity contribution >= 4 is 11.8 Å². The molecule has 1 saturated carbocycles. The quantitative estimate of drug-likeness (QED) is 0.754. The summed E-state index contributed by atoms with van der Waals surface area (Å²) in [5.41, 5.74) is 1.36. The first kappa shape index (κ1) is 19.0. The van der Waals surface area contributed by atoms with E-state index in [2.05, 4.69) is 44.0 Å². The number of nitrogens with one attached hydrogen (secondary N) is 1. The SMILES string of the molecule is CCCNC(=O)CN1CCN(C(=O)C2C(C=C(C)C)C2(C)C)CC1. The predicted octanol–water partition coefficient (Wildman–Crippen LogP) is 1.90. The van der Waals surface area contributed by atoms with Crippen LogP contribution in [-0.2, 0) is 9.59 Å². The monoisotopic (exact) mass is 335 g/mol. The molecular formula is C19H33N3O2. The van der Waals surface area contributed by atoms with Crippen LogP contribution in [0.1, 0.15) is 41.0 Å². The van der Waals surface area contributed by atoms with Crippen molar-refractivity contribution in [3.63, 3.8) is 0 Å². The number of carbonyl (C=O) groups is 2. The molecular weight excluding hydrogens is 302 g/mol. The topological polar surface area (TPSA) is 52.7 Å². The first-order chi connectivity index (χ1) is 11.3. The summed E-state index contributed by atoms with van der Waals surface area (Å²) < 4.78 is 0. The summed E-state index contributed by atoms with van der Waals surface area (Å²) in [5.74, 6) is 0.862. The minimum Gasteiger partial charge on any atom is -0.355 e. The summed E-state index contributed by atoms with van der Waals surface area (Å²) in [6, 6.07) is 0. The lowest BCUT2D eigenvalue weighted by molar-refractivity contribution is -0.135. The maximum atomic E-state index is 12.8. The minimum absolute atomic E-state index is 0.0749. The highest BCUT2D eigenvalue weighted by atomic mass is 16.2. The van der Waals surface area contributed by atoms with Crippen LogP contribution in [0, 0.1) is 17.3 Å². The summed E-state index contributed by atoms with van der Waals surface area (Å²) in [4.78, 5) is 28.8. The molecule has 2 fully saturated rings. The number of piperazine rings is 1. The maximum Gasteiger partial charge on any atom is 0.234 e. The Hall–Kier alpha value is -1.36. The van der Waals surface area contributed by atoms with Gasteiger partial charge in [-0.25, -0.2) is 0 Å². The molecule has 1 saturated heterocycles. The Balaban J connectivity index is 1.81. The molecule has 2 unspecified atom stereocenters. The van der Waals surface area contributed by atoms with Crippen LogP contribution < -0.4 is 5.32 Å².